The van der Waals surface area contributed by atoms with Crippen molar-refractivity contribution in [3.63, 3.8) is 0 Å². The molecule has 2 aromatic carbocycles. The zero-order chi connectivity index (χ0) is 22.6. The molecular weight excluding hydrogens is 533 g/mol. The van der Waals surface area contributed by atoms with Crippen LogP contribution in [-0.2, 0) is 11.2 Å². The third-order valence-electron chi connectivity index (χ3n) is 3.82. The molecule has 0 aromatic heterocycles. The summed E-state index contributed by atoms with van der Waals surface area (Å²) >= 11 is 20.7. The van der Waals surface area contributed by atoms with E-state index in [9.17, 15) is 22.8 Å². The molecule has 160 valence electrons. The average molecular weight is 546 g/mol. The minimum Gasteiger partial charge on any atom is -0.480 e. The van der Waals surface area contributed by atoms with Gasteiger partial charge in [-0.1, -0.05) is 46.9 Å². The Bertz CT molecular complexity index is 1000. The van der Waals surface area contributed by atoms with Gasteiger partial charge < -0.3 is 10.4 Å². The van der Waals surface area contributed by atoms with Crippen LogP contribution in [0.15, 0.2) is 40.9 Å². The maximum Gasteiger partial charge on any atom is 0.416 e. The summed E-state index contributed by atoms with van der Waals surface area (Å²) < 4.78 is 41.0. The number of carboxylic acid groups (broad SMARTS) is 1. The Morgan fingerprint density at radius 3 is 2.20 bits per heavy atom. The van der Waals surface area contributed by atoms with Gasteiger partial charge in [-0.2, -0.15) is 13.2 Å². The van der Waals surface area contributed by atoms with E-state index < -0.39 is 30.2 Å². The van der Waals surface area contributed by atoms with Gasteiger partial charge in [-0.3, -0.25) is 9.59 Å². The second kappa shape index (κ2) is 10.0. The van der Waals surface area contributed by atoms with Gasteiger partial charge in [0.2, 0.25) is 0 Å². The number of carbonyl (C=O) groups excluding carboxylic acids is 1. The molecule has 2 rings (SSSR count). The molecule has 2 N–H and O–H groups in total. The highest BCUT2D eigenvalue weighted by atomic mass is 79.9. The first-order valence-electron chi connectivity index (χ1n) is 8.11. The fourth-order valence-corrected chi connectivity index (χ4v) is 3.65. The summed E-state index contributed by atoms with van der Waals surface area (Å²) in [6, 6.07) is 6.49. The van der Waals surface area contributed by atoms with E-state index in [1.807, 2.05) is 0 Å². The first-order valence-corrected chi connectivity index (χ1v) is 10.0. The van der Waals surface area contributed by atoms with E-state index in [4.69, 9.17) is 39.9 Å². The van der Waals surface area contributed by atoms with Crippen molar-refractivity contribution in [1.82, 2.24) is 5.32 Å². The zero-order valence-electron chi connectivity index (χ0n) is 14.8. The monoisotopic (exact) mass is 543 g/mol. The largest absolute Gasteiger partial charge is 0.480 e. The molecule has 0 saturated heterocycles. The number of hydrogen-bond acceptors (Lipinski definition) is 2. The van der Waals surface area contributed by atoms with Crippen LogP contribution < -0.4 is 5.32 Å². The van der Waals surface area contributed by atoms with Crippen molar-refractivity contribution in [3.05, 3.63) is 72.6 Å². The summed E-state index contributed by atoms with van der Waals surface area (Å²) in [6.45, 7) is -0.559. The Balaban J connectivity index is 2.31. The predicted octanol–water partition coefficient (Wildman–Crippen LogP) is 6.41. The molecule has 2 aromatic rings. The van der Waals surface area contributed by atoms with Gasteiger partial charge in [0.05, 0.1) is 26.2 Å². The fourth-order valence-electron chi connectivity index (χ4n) is 2.45. The molecule has 0 saturated carbocycles. The molecule has 0 heterocycles. The normalized spacial score (nSPS) is 12.0. The third-order valence-corrected chi connectivity index (χ3v) is 5.67. The molecule has 0 spiro atoms. The van der Waals surface area contributed by atoms with Crippen LogP contribution in [0.3, 0.4) is 0 Å². The number of hydrogen-bond donors (Lipinski definition) is 2. The Morgan fingerprint density at radius 1 is 1.10 bits per heavy atom. The first-order chi connectivity index (χ1) is 13.9. The van der Waals surface area contributed by atoms with Crippen molar-refractivity contribution in [3.8, 4) is 0 Å². The summed E-state index contributed by atoms with van der Waals surface area (Å²) in [7, 11) is 0. The lowest BCUT2D eigenvalue weighted by atomic mass is 10.0. The highest BCUT2D eigenvalue weighted by molar-refractivity contribution is 9.10. The Morgan fingerprint density at radius 2 is 1.70 bits per heavy atom. The van der Waals surface area contributed by atoms with Gasteiger partial charge in [0.15, 0.2) is 0 Å². The third kappa shape index (κ3) is 6.38. The number of rotatable bonds is 6. The summed E-state index contributed by atoms with van der Waals surface area (Å²) in [4.78, 5) is 22.5. The molecule has 0 fully saturated rings. The zero-order valence-corrected chi connectivity index (χ0v) is 18.6. The van der Waals surface area contributed by atoms with E-state index in [0.29, 0.717) is 10.0 Å². The second-order valence-corrected chi connectivity index (χ2v) is 8.01. The maximum atomic E-state index is 13.6. The van der Waals surface area contributed by atoms with E-state index in [1.54, 1.807) is 0 Å². The summed E-state index contributed by atoms with van der Waals surface area (Å²) in [6.07, 6.45) is -3.81. The quantitative estimate of drug-likeness (QED) is 0.412. The number of allylic oxidation sites excluding steroid dienone is 2. The molecular formula is C19H12BrCl3F3NO3. The fraction of sp³-hybridized carbons (Fsp3) is 0.158. The van der Waals surface area contributed by atoms with E-state index in [-0.39, 0.29) is 32.6 Å². The molecule has 0 aliphatic heterocycles. The van der Waals surface area contributed by atoms with Crippen LogP contribution in [0.1, 0.15) is 21.5 Å². The highest BCUT2D eigenvalue weighted by Gasteiger charge is 2.35. The number of benzene rings is 2. The lowest BCUT2D eigenvalue weighted by Crippen LogP contribution is -2.29. The number of aliphatic carboxylic acids is 1. The second-order valence-electron chi connectivity index (χ2n) is 5.96. The average Bonchev–Trinajstić information content (AvgIpc) is 2.63. The van der Waals surface area contributed by atoms with Gasteiger partial charge >= 0.3 is 12.1 Å². The van der Waals surface area contributed by atoms with Crippen molar-refractivity contribution in [2.24, 2.45) is 0 Å². The lowest BCUT2D eigenvalue weighted by Gasteiger charge is -2.14. The van der Waals surface area contributed by atoms with Crippen LogP contribution in [0, 0.1) is 0 Å². The number of amides is 1. The smallest absolute Gasteiger partial charge is 0.416 e. The van der Waals surface area contributed by atoms with Crippen molar-refractivity contribution in [2.75, 3.05) is 6.54 Å². The van der Waals surface area contributed by atoms with Crippen molar-refractivity contribution < 1.29 is 27.9 Å². The minimum absolute atomic E-state index is 0.0377. The van der Waals surface area contributed by atoms with E-state index in [2.05, 4.69) is 21.2 Å². The topological polar surface area (TPSA) is 66.4 Å². The molecule has 0 bridgehead atoms. The van der Waals surface area contributed by atoms with Gasteiger partial charge in [0, 0.05) is 4.47 Å². The van der Waals surface area contributed by atoms with Crippen LogP contribution in [0.2, 0.25) is 15.1 Å². The molecule has 4 nitrogen and oxygen atoms in total. The predicted molar refractivity (Wildman–Crippen MR) is 113 cm³/mol. The molecule has 0 atom stereocenters. The summed E-state index contributed by atoms with van der Waals surface area (Å²) in [5.41, 5.74) is -0.547. The van der Waals surface area contributed by atoms with Crippen molar-refractivity contribution in [1.29, 1.82) is 0 Å². The van der Waals surface area contributed by atoms with Crippen LogP contribution in [-0.4, -0.2) is 29.7 Å². The minimum atomic E-state index is -4.67. The number of carboxylic acids is 1. The van der Waals surface area contributed by atoms with Crippen LogP contribution in [0.25, 0.3) is 5.57 Å². The first kappa shape index (κ1) is 24.5. The van der Waals surface area contributed by atoms with Gasteiger partial charge in [-0.15, -0.1) is 0 Å². The number of nitrogens with one attached hydrogen (secondary N) is 1. The Hall–Kier alpha value is -1.74. The summed E-state index contributed by atoms with van der Waals surface area (Å²) in [5.74, 6) is -1.84. The number of halogens is 7. The SMILES string of the molecule is O=C(O)CNC(=O)c1ccc(CC=C(c2cc(Cl)c(Cl)c(Cl)c2)C(F)(F)F)cc1Br. The van der Waals surface area contributed by atoms with Gasteiger partial charge in [-0.05, 0) is 57.7 Å². The summed E-state index contributed by atoms with van der Waals surface area (Å²) in [5, 5.41) is 10.6. The molecule has 0 unspecified atom stereocenters. The highest BCUT2D eigenvalue weighted by Crippen LogP contribution is 2.39. The Kier molecular flexibility index (Phi) is 8.21. The van der Waals surface area contributed by atoms with Gasteiger partial charge in [-0.25, -0.2) is 0 Å². The van der Waals surface area contributed by atoms with Gasteiger partial charge in [0.1, 0.15) is 6.54 Å². The molecule has 0 aliphatic rings. The number of carbonyl (C=O) groups is 2. The lowest BCUT2D eigenvalue weighted by molar-refractivity contribution is -0.135. The standard InChI is InChI=1S/C19H12BrCl3F3NO3/c20-13-5-9(1-3-11(13)18(30)27-8-16(28)29)2-4-12(19(24,25)26)10-6-14(21)17(23)15(22)7-10/h1,3-7H,2,8H2,(H,27,30)(H,28,29). The van der Waals surface area contributed by atoms with E-state index in [0.717, 1.165) is 18.2 Å². The molecule has 11 heteroatoms. The van der Waals surface area contributed by atoms with Gasteiger partial charge in [0.25, 0.3) is 5.91 Å². The Labute approximate surface area is 192 Å². The molecule has 30 heavy (non-hydrogen) atoms. The van der Waals surface area contributed by atoms with E-state index >= 15 is 0 Å². The van der Waals surface area contributed by atoms with Crippen molar-refractivity contribution in [2.45, 2.75) is 12.6 Å². The molecule has 0 aliphatic carbocycles. The van der Waals surface area contributed by atoms with Crippen LogP contribution in [0.5, 0.6) is 0 Å². The van der Waals surface area contributed by atoms with E-state index in [1.165, 1.54) is 18.2 Å². The number of alkyl halides is 3. The van der Waals surface area contributed by atoms with Crippen LogP contribution in [0.4, 0.5) is 13.2 Å². The van der Waals surface area contributed by atoms with Crippen molar-refractivity contribution >= 4 is 68.2 Å². The maximum absolute atomic E-state index is 13.6. The van der Waals surface area contributed by atoms with Crippen LogP contribution >= 0.6 is 50.7 Å². The molecule has 1 amide bonds. The molecule has 0 radical (unpaired) electrons.